The third-order valence-corrected chi connectivity index (χ3v) is 3.22. The van der Waals surface area contributed by atoms with E-state index in [1.54, 1.807) is 12.1 Å². The fourth-order valence-electron chi connectivity index (χ4n) is 1.63. The number of benzene rings is 1. The standard InChI is InChI=1S/C12H14FN3S/c1-2-16(7-10-8-17-12(14)15-10)11-5-3-9(13)4-6-11/h3-6,8H,2,7H2,1H3,(H2,14,15). The van der Waals surface area contributed by atoms with Gasteiger partial charge in [-0.1, -0.05) is 0 Å². The summed E-state index contributed by atoms with van der Waals surface area (Å²) in [5.74, 6) is -0.220. The number of nitrogen functional groups attached to an aromatic ring is 1. The van der Waals surface area contributed by atoms with E-state index in [0.29, 0.717) is 11.7 Å². The van der Waals surface area contributed by atoms with Crippen molar-refractivity contribution in [3.8, 4) is 0 Å². The molecule has 0 unspecified atom stereocenters. The molecule has 1 heterocycles. The van der Waals surface area contributed by atoms with Crippen LogP contribution in [0.4, 0.5) is 15.2 Å². The number of rotatable bonds is 4. The van der Waals surface area contributed by atoms with Crippen LogP contribution in [-0.4, -0.2) is 11.5 Å². The van der Waals surface area contributed by atoms with Gasteiger partial charge in [0.1, 0.15) is 5.82 Å². The molecule has 17 heavy (non-hydrogen) atoms. The topological polar surface area (TPSA) is 42.1 Å². The molecule has 2 aromatic rings. The molecule has 1 aromatic heterocycles. The van der Waals surface area contributed by atoms with Crippen LogP contribution in [0.5, 0.6) is 0 Å². The van der Waals surface area contributed by atoms with Gasteiger partial charge in [-0.15, -0.1) is 11.3 Å². The van der Waals surface area contributed by atoms with Crippen LogP contribution in [0.15, 0.2) is 29.6 Å². The number of halogens is 1. The minimum absolute atomic E-state index is 0.220. The van der Waals surface area contributed by atoms with Crippen LogP contribution in [0.2, 0.25) is 0 Å². The van der Waals surface area contributed by atoms with Crippen molar-refractivity contribution in [2.75, 3.05) is 17.2 Å². The predicted molar refractivity (Wildman–Crippen MR) is 69.7 cm³/mol. The van der Waals surface area contributed by atoms with Gasteiger partial charge in [-0.05, 0) is 31.2 Å². The Morgan fingerprint density at radius 1 is 1.35 bits per heavy atom. The normalized spacial score (nSPS) is 10.5. The minimum Gasteiger partial charge on any atom is -0.375 e. The second-order valence-corrected chi connectivity index (χ2v) is 4.56. The zero-order chi connectivity index (χ0) is 12.3. The van der Waals surface area contributed by atoms with E-state index >= 15 is 0 Å². The van der Waals surface area contributed by atoms with Crippen molar-refractivity contribution in [1.82, 2.24) is 4.98 Å². The summed E-state index contributed by atoms with van der Waals surface area (Å²) in [6.07, 6.45) is 0. The van der Waals surface area contributed by atoms with Crippen LogP contribution in [0.25, 0.3) is 0 Å². The lowest BCUT2D eigenvalue weighted by Crippen LogP contribution is -2.22. The molecule has 0 radical (unpaired) electrons. The van der Waals surface area contributed by atoms with E-state index in [9.17, 15) is 4.39 Å². The largest absolute Gasteiger partial charge is 0.375 e. The Bertz CT molecular complexity index is 481. The molecule has 2 rings (SSSR count). The molecule has 90 valence electrons. The molecule has 5 heteroatoms. The van der Waals surface area contributed by atoms with Crippen molar-refractivity contribution in [2.45, 2.75) is 13.5 Å². The molecule has 0 saturated heterocycles. The summed E-state index contributed by atoms with van der Waals surface area (Å²) in [7, 11) is 0. The monoisotopic (exact) mass is 251 g/mol. The molecule has 1 aromatic carbocycles. The number of hydrogen-bond acceptors (Lipinski definition) is 4. The van der Waals surface area contributed by atoms with E-state index in [0.717, 1.165) is 17.9 Å². The second kappa shape index (κ2) is 5.14. The lowest BCUT2D eigenvalue weighted by Gasteiger charge is -2.21. The average Bonchev–Trinajstić information content (AvgIpc) is 2.73. The van der Waals surface area contributed by atoms with Crippen molar-refractivity contribution in [1.29, 1.82) is 0 Å². The van der Waals surface area contributed by atoms with Crippen molar-refractivity contribution >= 4 is 22.2 Å². The van der Waals surface area contributed by atoms with Gasteiger partial charge in [-0.3, -0.25) is 0 Å². The van der Waals surface area contributed by atoms with E-state index in [1.165, 1.54) is 23.5 Å². The summed E-state index contributed by atoms with van der Waals surface area (Å²) in [6, 6.07) is 6.48. The highest BCUT2D eigenvalue weighted by Crippen LogP contribution is 2.19. The fraction of sp³-hybridized carbons (Fsp3) is 0.250. The van der Waals surface area contributed by atoms with Gasteiger partial charge in [0.05, 0.1) is 12.2 Å². The van der Waals surface area contributed by atoms with Crippen molar-refractivity contribution in [3.63, 3.8) is 0 Å². The van der Waals surface area contributed by atoms with E-state index in [2.05, 4.69) is 16.8 Å². The molecule has 0 spiro atoms. The molecule has 0 fully saturated rings. The number of aromatic nitrogens is 1. The SMILES string of the molecule is CCN(Cc1csc(N)n1)c1ccc(F)cc1. The summed E-state index contributed by atoms with van der Waals surface area (Å²) in [6.45, 7) is 3.58. The van der Waals surface area contributed by atoms with Crippen molar-refractivity contribution in [2.24, 2.45) is 0 Å². The van der Waals surface area contributed by atoms with Gasteiger partial charge in [0.25, 0.3) is 0 Å². The van der Waals surface area contributed by atoms with Crippen LogP contribution in [0.3, 0.4) is 0 Å². The molecule has 0 aliphatic heterocycles. The van der Waals surface area contributed by atoms with Crippen molar-refractivity contribution in [3.05, 3.63) is 41.2 Å². The average molecular weight is 251 g/mol. The van der Waals surface area contributed by atoms with Crippen LogP contribution in [0, 0.1) is 5.82 Å². The van der Waals surface area contributed by atoms with Crippen LogP contribution in [-0.2, 0) is 6.54 Å². The molecule has 0 aliphatic rings. The fourth-order valence-corrected chi connectivity index (χ4v) is 2.18. The van der Waals surface area contributed by atoms with E-state index in [-0.39, 0.29) is 5.82 Å². The Morgan fingerprint density at radius 2 is 2.06 bits per heavy atom. The molecule has 2 N–H and O–H groups in total. The first-order valence-electron chi connectivity index (χ1n) is 5.39. The smallest absolute Gasteiger partial charge is 0.180 e. The van der Waals surface area contributed by atoms with Gasteiger partial charge in [0.2, 0.25) is 0 Å². The molecule has 3 nitrogen and oxygen atoms in total. The predicted octanol–water partition coefficient (Wildman–Crippen LogP) is 2.89. The van der Waals surface area contributed by atoms with Crippen LogP contribution < -0.4 is 10.6 Å². The third kappa shape index (κ3) is 2.94. The first-order valence-corrected chi connectivity index (χ1v) is 6.27. The molecule has 0 saturated carbocycles. The highest BCUT2D eigenvalue weighted by Gasteiger charge is 2.07. The minimum atomic E-state index is -0.220. The van der Waals surface area contributed by atoms with Gasteiger partial charge in [-0.2, -0.15) is 0 Å². The Labute approximate surface area is 104 Å². The molecular formula is C12H14FN3S. The number of nitrogens with two attached hydrogens (primary N) is 1. The Hall–Kier alpha value is -1.62. The number of nitrogens with zero attached hydrogens (tertiary/aromatic N) is 2. The second-order valence-electron chi connectivity index (χ2n) is 3.67. The number of anilines is 2. The van der Waals surface area contributed by atoms with Gasteiger partial charge >= 0.3 is 0 Å². The highest BCUT2D eigenvalue weighted by molar-refractivity contribution is 7.13. The quantitative estimate of drug-likeness (QED) is 0.908. The summed E-state index contributed by atoms with van der Waals surface area (Å²) >= 11 is 1.43. The maximum Gasteiger partial charge on any atom is 0.180 e. The van der Waals surface area contributed by atoms with Gasteiger partial charge in [0, 0.05) is 17.6 Å². The molecule has 0 bridgehead atoms. The Kier molecular flexibility index (Phi) is 3.58. The summed E-state index contributed by atoms with van der Waals surface area (Å²) in [4.78, 5) is 6.34. The summed E-state index contributed by atoms with van der Waals surface area (Å²) in [5, 5.41) is 2.52. The van der Waals surface area contributed by atoms with E-state index in [4.69, 9.17) is 5.73 Å². The van der Waals surface area contributed by atoms with Gasteiger partial charge in [-0.25, -0.2) is 9.37 Å². The van der Waals surface area contributed by atoms with Gasteiger partial charge in [0.15, 0.2) is 5.13 Å². The van der Waals surface area contributed by atoms with Gasteiger partial charge < -0.3 is 10.6 Å². The molecular weight excluding hydrogens is 237 g/mol. The summed E-state index contributed by atoms with van der Waals surface area (Å²) in [5.41, 5.74) is 7.52. The van der Waals surface area contributed by atoms with Crippen LogP contribution >= 0.6 is 11.3 Å². The molecule has 0 amide bonds. The Morgan fingerprint density at radius 3 is 2.59 bits per heavy atom. The van der Waals surface area contributed by atoms with E-state index < -0.39 is 0 Å². The zero-order valence-corrected chi connectivity index (χ0v) is 10.4. The molecule has 0 atom stereocenters. The maximum atomic E-state index is 12.8. The lowest BCUT2D eigenvalue weighted by atomic mass is 10.2. The zero-order valence-electron chi connectivity index (χ0n) is 9.56. The number of hydrogen-bond donors (Lipinski definition) is 1. The first-order chi connectivity index (χ1) is 8.19. The third-order valence-electron chi connectivity index (χ3n) is 2.50. The van der Waals surface area contributed by atoms with Crippen LogP contribution in [0.1, 0.15) is 12.6 Å². The lowest BCUT2D eigenvalue weighted by molar-refractivity contribution is 0.627. The molecule has 0 aliphatic carbocycles. The highest BCUT2D eigenvalue weighted by atomic mass is 32.1. The van der Waals surface area contributed by atoms with Crippen molar-refractivity contribution < 1.29 is 4.39 Å². The number of thiazole rings is 1. The Balaban J connectivity index is 2.13. The van der Waals surface area contributed by atoms with E-state index in [1.807, 2.05) is 5.38 Å². The first kappa shape index (κ1) is 11.9. The summed E-state index contributed by atoms with van der Waals surface area (Å²) < 4.78 is 12.8. The maximum absolute atomic E-state index is 12.8.